The van der Waals surface area contributed by atoms with Crippen LogP contribution in [0.25, 0.3) is 0 Å². The number of thiophene rings is 1. The van der Waals surface area contributed by atoms with Crippen molar-refractivity contribution in [3.63, 3.8) is 0 Å². The fourth-order valence-corrected chi connectivity index (χ4v) is 5.43. The largest absolute Gasteiger partial charge is 0.381 e. The Balaban J connectivity index is 1.43. The van der Waals surface area contributed by atoms with Crippen molar-refractivity contribution in [2.75, 3.05) is 39.4 Å². The van der Waals surface area contributed by atoms with Crippen LogP contribution in [0.15, 0.2) is 11.4 Å². The van der Waals surface area contributed by atoms with Crippen molar-refractivity contribution in [1.29, 1.82) is 0 Å². The molecule has 2 saturated heterocycles. The summed E-state index contributed by atoms with van der Waals surface area (Å²) in [5, 5.41) is 2.02. The molecule has 0 aromatic carbocycles. The Bertz CT molecular complexity index is 619. The van der Waals surface area contributed by atoms with E-state index in [1.807, 2.05) is 18.4 Å². The average molecular weight is 363 g/mol. The highest BCUT2D eigenvalue weighted by Crippen LogP contribution is 2.43. The van der Waals surface area contributed by atoms with Crippen LogP contribution in [0.2, 0.25) is 0 Å². The third kappa shape index (κ3) is 3.51. The predicted molar refractivity (Wildman–Crippen MR) is 101 cm³/mol. The number of aryl methyl sites for hydroxylation is 1. The van der Waals surface area contributed by atoms with Gasteiger partial charge in [-0.25, -0.2) is 0 Å². The van der Waals surface area contributed by atoms with Crippen molar-refractivity contribution in [1.82, 2.24) is 9.80 Å². The molecule has 2 aliphatic heterocycles. The molecule has 1 unspecified atom stereocenters. The van der Waals surface area contributed by atoms with Gasteiger partial charge in [-0.1, -0.05) is 0 Å². The number of hydrogen-bond acceptors (Lipinski definition) is 4. The van der Waals surface area contributed by atoms with Gasteiger partial charge >= 0.3 is 0 Å². The van der Waals surface area contributed by atoms with Gasteiger partial charge in [0.25, 0.3) is 5.91 Å². The maximum absolute atomic E-state index is 12.8. The Morgan fingerprint density at radius 2 is 2.12 bits per heavy atom. The molecule has 3 fully saturated rings. The first-order valence-electron chi connectivity index (χ1n) is 9.77. The maximum atomic E-state index is 12.8. The Morgan fingerprint density at radius 3 is 2.76 bits per heavy atom. The Kier molecular flexibility index (Phi) is 4.91. The molecule has 5 heteroatoms. The molecule has 4 nitrogen and oxygen atoms in total. The molecule has 1 aromatic heterocycles. The summed E-state index contributed by atoms with van der Waals surface area (Å²) in [4.78, 5) is 18.5. The molecule has 25 heavy (non-hydrogen) atoms. The molecule has 0 bridgehead atoms. The summed E-state index contributed by atoms with van der Waals surface area (Å²) >= 11 is 1.58. The molecule has 1 atom stereocenters. The molecule has 1 saturated carbocycles. The molecule has 1 aliphatic carbocycles. The molecule has 4 rings (SSSR count). The van der Waals surface area contributed by atoms with Crippen molar-refractivity contribution in [2.24, 2.45) is 11.8 Å². The lowest BCUT2D eigenvalue weighted by Crippen LogP contribution is -2.73. The fraction of sp³-hybridized carbons (Fsp3) is 0.750. The molecular weight excluding hydrogens is 332 g/mol. The molecular formula is C20H30N2O2S. The van der Waals surface area contributed by atoms with Gasteiger partial charge in [0.2, 0.25) is 0 Å². The highest BCUT2D eigenvalue weighted by molar-refractivity contribution is 7.12. The van der Waals surface area contributed by atoms with E-state index in [0.29, 0.717) is 5.92 Å². The second-order valence-corrected chi connectivity index (χ2v) is 9.14. The van der Waals surface area contributed by atoms with E-state index in [0.717, 1.165) is 42.7 Å². The Morgan fingerprint density at radius 1 is 1.32 bits per heavy atom. The number of amides is 1. The molecule has 1 amide bonds. The van der Waals surface area contributed by atoms with Crippen LogP contribution in [-0.4, -0.2) is 60.6 Å². The molecule has 1 spiro atoms. The van der Waals surface area contributed by atoms with Gasteiger partial charge in [-0.2, -0.15) is 0 Å². The van der Waals surface area contributed by atoms with Crippen LogP contribution in [-0.2, 0) is 4.74 Å². The summed E-state index contributed by atoms with van der Waals surface area (Å²) in [7, 11) is 0. The number of carbonyl (C=O) groups is 1. The minimum absolute atomic E-state index is 0.212. The number of rotatable bonds is 6. The van der Waals surface area contributed by atoms with E-state index in [4.69, 9.17) is 4.74 Å². The standard InChI is InChI=1S/C20H30N2O2S/c1-3-24-12-17-6-8-22(11-16-4-5-16)20(10-17)13-21(14-20)19(23)18-15(2)7-9-25-18/h7,9,16-17H,3-6,8,10-14H2,1-2H3. The maximum Gasteiger partial charge on any atom is 0.264 e. The van der Waals surface area contributed by atoms with Crippen molar-refractivity contribution >= 4 is 17.2 Å². The number of likely N-dealkylation sites (tertiary alicyclic amines) is 2. The van der Waals surface area contributed by atoms with Crippen molar-refractivity contribution in [2.45, 2.75) is 45.1 Å². The van der Waals surface area contributed by atoms with Gasteiger partial charge in [0.05, 0.1) is 10.4 Å². The van der Waals surface area contributed by atoms with Gasteiger partial charge in [-0.3, -0.25) is 9.69 Å². The molecule has 0 N–H and O–H groups in total. The van der Waals surface area contributed by atoms with E-state index in [9.17, 15) is 4.79 Å². The van der Waals surface area contributed by atoms with Gasteiger partial charge in [0, 0.05) is 32.8 Å². The molecule has 138 valence electrons. The zero-order valence-electron chi connectivity index (χ0n) is 15.5. The quantitative estimate of drug-likeness (QED) is 0.777. The summed E-state index contributed by atoms with van der Waals surface area (Å²) in [6.07, 6.45) is 5.22. The SMILES string of the molecule is CCOCC1CCN(CC2CC2)C2(C1)CN(C(=O)c1sccc1C)C2. The van der Waals surface area contributed by atoms with Crippen LogP contribution in [0.1, 0.15) is 47.8 Å². The normalized spacial score (nSPS) is 26.0. The number of nitrogens with zero attached hydrogens (tertiary/aromatic N) is 2. The number of piperidine rings is 1. The molecule has 3 aliphatic rings. The van der Waals surface area contributed by atoms with E-state index in [-0.39, 0.29) is 11.4 Å². The molecule has 3 heterocycles. The smallest absolute Gasteiger partial charge is 0.264 e. The predicted octanol–water partition coefficient (Wildman–Crippen LogP) is 3.41. The second kappa shape index (κ2) is 7.01. The minimum Gasteiger partial charge on any atom is -0.381 e. The number of ether oxygens (including phenoxy) is 1. The summed E-state index contributed by atoms with van der Waals surface area (Å²) in [6, 6.07) is 2.05. The summed E-state index contributed by atoms with van der Waals surface area (Å²) < 4.78 is 5.72. The first-order valence-corrected chi connectivity index (χ1v) is 10.7. The monoisotopic (exact) mass is 362 g/mol. The molecule has 0 radical (unpaired) electrons. The van der Waals surface area contributed by atoms with Crippen molar-refractivity contribution in [3.8, 4) is 0 Å². The lowest BCUT2D eigenvalue weighted by Gasteiger charge is -2.59. The zero-order chi connectivity index (χ0) is 17.4. The topological polar surface area (TPSA) is 32.8 Å². The third-order valence-electron chi connectivity index (χ3n) is 6.19. The van der Waals surface area contributed by atoms with E-state index in [1.54, 1.807) is 11.3 Å². The minimum atomic E-state index is 0.212. The average Bonchev–Trinajstić information content (AvgIpc) is 3.29. The van der Waals surface area contributed by atoms with E-state index >= 15 is 0 Å². The van der Waals surface area contributed by atoms with Gasteiger partial charge < -0.3 is 9.64 Å². The third-order valence-corrected chi connectivity index (χ3v) is 7.20. The number of carbonyl (C=O) groups excluding carboxylic acids is 1. The first kappa shape index (κ1) is 17.5. The van der Waals surface area contributed by atoms with Gasteiger partial charge in [-0.15, -0.1) is 11.3 Å². The lowest BCUT2D eigenvalue weighted by molar-refractivity contribution is -0.0886. The zero-order valence-corrected chi connectivity index (χ0v) is 16.3. The van der Waals surface area contributed by atoms with Crippen LogP contribution in [0.3, 0.4) is 0 Å². The van der Waals surface area contributed by atoms with Crippen molar-refractivity contribution in [3.05, 3.63) is 21.9 Å². The summed E-state index contributed by atoms with van der Waals surface area (Å²) in [5.74, 6) is 1.79. The van der Waals surface area contributed by atoms with E-state index in [1.165, 1.54) is 38.8 Å². The highest BCUT2D eigenvalue weighted by atomic mass is 32.1. The van der Waals surface area contributed by atoms with Crippen LogP contribution < -0.4 is 0 Å². The molecule has 1 aromatic rings. The number of hydrogen-bond donors (Lipinski definition) is 0. The van der Waals surface area contributed by atoms with Gasteiger partial charge in [0.15, 0.2) is 0 Å². The first-order chi connectivity index (χ1) is 12.1. The highest BCUT2D eigenvalue weighted by Gasteiger charge is 2.53. The lowest BCUT2D eigenvalue weighted by atomic mass is 9.74. The second-order valence-electron chi connectivity index (χ2n) is 8.23. The van der Waals surface area contributed by atoms with E-state index in [2.05, 4.69) is 16.7 Å². The summed E-state index contributed by atoms with van der Waals surface area (Å²) in [5.41, 5.74) is 1.33. The van der Waals surface area contributed by atoms with Gasteiger partial charge in [-0.05, 0) is 74.9 Å². The van der Waals surface area contributed by atoms with Crippen LogP contribution in [0.5, 0.6) is 0 Å². The van der Waals surface area contributed by atoms with Gasteiger partial charge in [0.1, 0.15) is 0 Å². The Hall–Kier alpha value is -0.910. The van der Waals surface area contributed by atoms with Crippen LogP contribution in [0.4, 0.5) is 0 Å². The van der Waals surface area contributed by atoms with E-state index < -0.39 is 0 Å². The fourth-order valence-electron chi connectivity index (χ4n) is 4.54. The Labute approximate surface area is 155 Å². The van der Waals surface area contributed by atoms with Crippen molar-refractivity contribution < 1.29 is 9.53 Å². The summed E-state index contributed by atoms with van der Waals surface area (Å²) in [6.45, 7) is 10.0. The van der Waals surface area contributed by atoms with Crippen LogP contribution in [0, 0.1) is 18.8 Å². The van der Waals surface area contributed by atoms with Crippen LogP contribution >= 0.6 is 11.3 Å².